The summed E-state index contributed by atoms with van der Waals surface area (Å²) >= 11 is 6.06. The number of nitrogens with zero attached hydrogens (tertiary/aromatic N) is 1. The summed E-state index contributed by atoms with van der Waals surface area (Å²) in [6.07, 6.45) is 3.02. The first-order chi connectivity index (χ1) is 14.0. The fraction of sp³-hybridized carbons (Fsp3) is 0.391. The number of likely N-dealkylation sites (tertiary alicyclic amines) is 1. The van der Waals surface area contributed by atoms with Gasteiger partial charge < -0.3 is 15.0 Å². The maximum atomic E-state index is 12.9. The normalized spacial score (nSPS) is 14.9. The number of ether oxygens (including phenoxy) is 1. The van der Waals surface area contributed by atoms with Crippen LogP contribution in [0.1, 0.15) is 48.5 Å². The van der Waals surface area contributed by atoms with Gasteiger partial charge in [-0.05, 0) is 68.5 Å². The van der Waals surface area contributed by atoms with Crippen molar-refractivity contribution in [2.45, 2.75) is 45.6 Å². The van der Waals surface area contributed by atoms with Crippen molar-refractivity contribution in [2.24, 2.45) is 0 Å². The van der Waals surface area contributed by atoms with Crippen molar-refractivity contribution in [1.82, 2.24) is 4.90 Å². The van der Waals surface area contributed by atoms with Crippen molar-refractivity contribution in [1.29, 1.82) is 0 Å². The fourth-order valence-corrected chi connectivity index (χ4v) is 3.55. The number of halogens is 1. The summed E-state index contributed by atoms with van der Waals surface area (Å²) in [6, 6.07) is 12.5. The number of benzene rings is 2. The number of amides is 2. The summed E-state index contributed by atoms with van der Waals surface area (Å²) in [4.78, 5) is 27.7. The van der Waals surface area contributed by atoms with E-state index < -0.39 is 6.10 Å². The average Bonchev–Trinajstić information content (AvgIpc) is 2.75. The predicted octanol–water partition coefficient (Wildman–Crippen LogP) is 5.07. The second-order valence-electron chi connectivity index (χ2n) is 7.31. The molecule has 2 aromatic carbocycles. The molecule has 1 aliphatic heterocycles. The molecule has 0 unspecified atom stereocenters. The van der Waals surface area contributed by atoms with E-state index in [1.165, 1.54) is 0 Å². The van der Waals surface area contributed by atoms with E-state index in [4.69, 9.17) is 16.3 Å². The molecule has 1 aliphatic rings. The van der Waals surface area contributed by atoms with Crippen LogP contribution >= 0.6 is 11.6 Å². The molecular formula is C23H27ClN2O3. The van der Waals surface area contributed by atoms with Crippen molar-refractivity contribution in [3.63, 3.8) is 0 Å². The Morgan fingerprint density at radius 3 is 2.55 bits per heavy atom. The average molecular weight is 415 g/mol. The maximum Gasteiger partial charge on any atom is 0.265 e. The molecule has 2 aromatic rings. The predicted molar refractivity (Wildman–Crippen MR) is 116 cm³/mol. The Hall–Kier alpha value is -2.53. The number of nitrogens with one attached hydrogen (secondary N) is 1. The summed E-state index contributed by atoms with van der Waals surface area (Å²) in [5.74, 6) is 0.272. The Morgan fingerprint density at radius 2 is 1.86 bits per heavy atom. The quantitative estimate of drug-likeness (QED) is 0.717. The molecule has 0 aliphatic carbocycles. The van der Waals surface area contributed by atoms with Crippen molar-refractivity contribution in [3.8, 4) is 5.75 Å². The molecule has 3 rings (SSSR count). The van der Waals surface area contributed by atoms with Gasteiger partial charge in [-0.15, -0.1) is 0 Å². The van der Waals surface area contributed by atoms with Crippen LogP contribution in [0.2, 0.25) is 5.02 Å². The maximum absolute atomic E-state index is 12.9. The third-order valence-electron chi connectivity index (χ3n) is 5.13. The monoisotopic (exact) mass is 414 g/mol. The number of carbonyl (C=O) groups is 2. The van der Waals surface area contributed by atoms with Gasteiger partial charge in [-0.1, -0.05) is 30.7 Å². The molecule has 29 heavy (non-hydrogen) atoms. The Morgan fingerprint density at radius 1 is 1.14 bits per heavy atom. The molecule has 0 bridgehead atoms. The van der Waals surface area contributed by atoms with Crippen LogP contribution in [-0.4, -0.2) is 35.9 Å². The highest BCUT2D eigenvalue weighted by molar-refractivity contribution is 6.31. The number of hydrogen-bond donors (Lipinski definition) is 1. The van der Waals surface area contributed by atoms with Gasteiger partial charge in [-0.2, -0.15) is 0 Å². The van der Waals surface area contributed by atoms with E-state index in [1.54, 1.807) is 24.3 Å². The van der Waals surface area contributed by atoms with E-state index in [0.717, 1.165) is 37.9 Å². The van der Waals surface area contributed by atoms with Gasteiger partial charge in [-0.25, -0.2) is 0 Å². The van der Waals surface area contributed by atoms with Gasteiger partial charge in [0, 0.05) is 18.1 Å². The highest BCUT2D eigenvalue weighted by Gasteiger charge is 2.24. The number of aryl methyl sites for hydroxylation is 1. The second-order valence-corrected chi connectivity index (χ2v) is 7.72. The summed E-state index contributed by atoms with van der Waals surface area (Å²) in [7, 11) is 0. The SMILES string of the molecule is CC[C@H](Oc1ccc(Cl)c(C)c1)C(=O)Nc1ccccc1C(=O)N1CCCCC1. The Kier molecular flexibility index (Phi) is 7.15. The van der Waals surface area contributed by atoms with Gasteiger partial charge >= 0.3 is 0 Å². The zero-order valence-electron chi connectivity index (χ0n) is 16.9. The minimum Gasteiger partial charge on any atom is -0.481 e. The molecular weight excluding hydrogens is 388 g/mol. The lowest BCUT2D eigenvalue weighted by atomic mass is 10.1. The van der Waals surface area contributed by atoms with Gasteiger partial charge in [-0.3, -0.25) is 9.59 Å². The smallest absolute Gasteiger partial charge is 0.265 e. The zero-order valence-corrected chi connectivity index (χ0v) is 17.7. The summed E-state index contributed by atoms with van der Waals surface area (Å²) in [5, 5.41) is 3.54. The van der Waals surface area contributed by atoms with Crippen LogP contribution in [0, 0.1) is 6.92 Å². The Balaban J connectivity index is 1.73. The van der Waals surface area contributed by atoms with E-state index in [9.17, 15) is 9.59 Å². The second kappa shape index (κ2) is 9.79. The minimum absolute atomic E-state index is 0.0390. The summed E-state index contributed by atoms with van der Waals surface area (Å²) in [5.41, 5.74) is 1.92. The van der Waals surface area contributed by atoms with Gasteiger partial charge in [0.2, 0.25) is 0 Å². The van der Waals surface area contributed by atoms with Crippen LogP contribution in [0.25, 0.3) is 0 Å². The number of rotatable bonds is 6. The van der Waals surface area contributed by atoms with Gasteiger partial charge in [0.15, 0.2) is 6.10 Å². The number of carbonyl (C=O) groups excluding carboxylic acids is 2. The van der Waals surface area contributed by atoms with Crippen LogP contribution in [0.5, 0.6) is 5.75 Å². The molecule has 1 fully saturated rings. The van der Waals surface area contributed by atoms with Crippen LogP contribution < -0.4 is 10.1 Å². The first kappa shape index (κ1) is 21.2. The van der Waals surface area contributed by atoms with Gasteiger partial charge in [0.05, 0.1) is 11.3 Å². The van der Waals surface area contributed by atoms with E-state index in [0.29, 0.717) is 28.4 Å². The molecule has 1 N–H and O–H groups in total. The van der Waals surface area contributed by atoms with E-state index in [2.05, 4.69) is 5.32 Å². The van der Waals surface area contributed by atoms with Crippen LogP contribution in [0.3, 0.4) is 0 Å². The first-order valence-electron chi connectivity index (χ1n) is 10.1. The van der Waals surface area contributed by atoms with Crippen molar-refractivity contribution in [2.75, 3.05) is 18.4 Å². The molecule has 1 atom stereocenters. The molecule has 1 heterocycles. The standard InChI is InChI=1S/C23H27ClN2O3/c1-3-21(29-17-11-12-19(24)16(2)15-17)22(27)25-20-10-6-5-9-18(20)23(28)26-13-7-4-8-14-26/h5-6,9-12,15,21H,3-4,7-8,13-14H2,1-2H3,(H,25,27)/t21-/m0/s1. The van der Waals surface area contributed by atoms with Crippen LogP contribution in [-0.2, 0) is 4.79 Å². The number of hydrogen-bond acceptors (Lipinski definition) is 3. The molecule has 0 spiro atoms. The third kappa shape index (κ3) is 5.30. The number of piperidine rings is 1. The molecule has 0 saturated carbocycles. The lowest BCUT2D eigenvalue weighted by molar-refractivity contribution is -0.122. The number of anilines is 1. The zero-order chi connectivity index (χ0) is 20.8. The molecule has 1 saturated heterocycles. The number of para-hydroxylation sites is 1. The third-order valence-corrected chi connectivity index (χ3v) is 5.55. The fourth-order valence-electron chi connectivity index (χ4n) is 3.44. The largest absolute Gasteiger partial charge is 0.481 e. The molecule has 0 radical (unpaired) electrons. The highest BCUT2D eigenvalue weighted by atomic mass is 35.5. The first-order valence-corrected chi connectivity index (χ1v) is 10.5. The summed E-state index contributed by atoms with van der Waals surface area (Å²) < 4.78 is 5.88. The summed E-state index contributed by atoms with van der Waals surface area (Å²) in [6.45, 7) is 5.30. The molecule has 6 heteroatoms. The molecule has 0 aromatic heterocycles. The van der Waals surface area contributed by atoms with Gasteiger partial charge in [0.25, 0.3) is 11.8 Å². The van der Waals surface area contributed by atoms with Crippen molar-refractivity contribution < 1.29 is 14.3 Å². The van der Waals surface area contributed by atoms with Gasteiger partial charge in [0.1, 0.15) is 5.75 Å². The van der Waals surface area contributed by atoms with Crippen LogP contribution in [0.15, 0.2) is 42.5 Å². The Bertz CT molecular complexity index is 878. The van der Waals surface area contributed by atoms with Crippen LogP contribution in [0.4, 0.5) is 5.69 Å². The lowest BCUT2D eigenvalue weighted by Crippen LogP contribution is -2.37. The minimum atomic E-state index is -0.672. The van der Waals surface area contributed by atoms with Crippen molar-refractivity contribution in [3.05, 3.63) is 58.6 Å². The Labute approximate surface area is 177 Å². The molecule has 2 amide bonds. The van der Waals surface area contributed by atoms with Crippen molar-refractivity contribution >= 4 is 29.1 Å². The van der Waals surface area contributed by atoms with E-state index >= 15 is 0 Å². The van der Waals surface area contributed by atoms with E-state index in [-0.39, 0.29) is 11.8 Å². The topological polar surface area (TPSA) is 58.6 Å². The van der Waals surface area contributed by atoms with E-state index in [1.807, 2.05) is 36.9 Å². The highest BCUT2D eigenvalue weighted by Crippen LogP contribution is 2.24. The molecule has 5 nitrogen and oxygen atoms in total. The lowest BCUT2D eigenvalue weighted by Gasteiger charge is -2.27. The molecule has 154 valence electrons.